The van der Waals surface area contributed by atoms with Gasteiger partial charge in [0.15, 0.2) is 0 Å². The number of carbonyl (C=O) groups is 8. The summed E-state index contributed by atoms with van der Waals surface area (Å²) in [6.07, 6.45) is 16.6. The quantitative estimate of drug-likeness (QED) is 0.0753. The molecule has 0 aromatic heterocycles. The fourth-order valence-corrected chi connectivity index (χ4v) is 3.13. The van der Waals surface area contributed by atoms with E-state index in [2.05, 4.69) is 79.4 Å². The minimum atomic E-state index is -0.211. The van der Waals surface area contributed by atoms with Gasteiger partial charge in [0.25, 0.3) is 0 Å². The van der Waals surface area contributed by atoms with Gasteiger partial charge in [-0.1, -0.05) is 119 Å². The van der Waals surface area contributed by atoms with Crippen LogP contribution in [-0.4, -0.2) is 101 Å². The molecule has 402 valence electrons. The third-order valence-corrected chi connectivity index (χ3v) is 5.65. The molecule has 0 amide bonds. The van der Waals surface area contributed by atoms with E-state index in [0.717, 1.165) is 0 Å². The fourth-order valence-electron chi connectivity index (χ4n) is 3.13. The summed E-state index contributed by atoms with van der Waals surface area (Å²) < 4.78 is 35.2. The molecule has 0 aromatic rings. The maximum absolute atomic E-state index is 9.82. The Bertz CT molecular complexity index is 747. The highest BCUT2D eigenvalue weighted by atomic mass is 16.6. The van der Waals surface area contributed by atoms with Crippen LogP contribution in [0, 0.1) is 0 Å². The Labute approximate surface area is 405 Å². The zero-order valence-corrected chi connectivity index (χ0v) is 46.7. The Balaban J connectivity index is -0.0000000560. The number of esters is 8. The molecule has 0 N–H and O–H groups in total. The minimum absolute atomic E-state index is 0.211. The second kappa shape index (κ2) is 95.1. The van der Waals surface area contributed by atoms with Gasteiger partial charge in [-0.05, 0) is 55.4 Å². The van der Waals surface area contributed by atoms with Crippen molar-refractivity contribution in [2.45, 2.75) is 229 Å². The summed E-state index contributed by atoms with van der Waals surface area (Å²) in [6.45, 7) is 42.6. The van der Waals surface area contributed by atoms with Crippen LogP contribution in [0.25, 0.3) is 0 Å². The van der Waals surface area contributed by atoms with Gasteiger partial charge in [-0.3, -0.25) is 38.4 Å². The van der Waals surface area contributed by atoms with Crippen LogP contribution in [0.3, 0.4) is 0 Å². The first-order valence-electron chi connectivity index (χ1n) is 24.0. The molecule has 0 aliphatic rings. The summed E-state index contributed by atoms with van der Waals surface area (Å²) in [4.78, 5) is 78.6. The van der Waals surface area contributed by atoms with Crippen LogP contribution in [-0.2, 0) is 76.3 Å². The normalized spacial score (nSPS) is 8.03. The van der Waals surface area contributed by atoms with E-state index in [9.17, 15) is 38.4 Å². The SMILES string of the molecule is CCCCCC.CCCCCC.CCCCCC.CCOC(C)=O.CCOC(C)=O.CCOC(C)=O.CCOC(C)=O.CCOC(C)=O.CCOC(C)=O.CCOC(C)=O.CCOC(C)=O. The zero-order valence-electron chi connectivity index (χ0n) is 46.7. The molecule has 0 rings (SSSR count). The second-order valence-electron chi connectivity index (χ2n) is 12.5. The number of hydrogen-bond acceptors (Lipinski definition) is 16. The van der Waals surface area contributed by atoms with E-state index in [1.54, 1.807) is 55.4 Å². The molecule has 0 radical (unpaired) electrons. The van der Waals surface area contributed by atoms with Crippen LogP contribution in [0.4, 0.5) is 0 Å². The molecule has 16 nitrogen and oxygen atoms in total. The molecule has 0 spiro atoms. The Hall–Kier alpha value is -4.24. The van der Waals surface area contributed by atoms with Gasteiger partial charge in [0.05, 0.1) is 52.9 Å². The first-order chi connectivity index (χ1) is 30.9. The van der Waals surface area contributed by atoms with Crippen molar-refractivity contribution in [1.82, 2.24) is 0 Å². The third-order valence-electron chi connectivity index (χ3n) is 5.65. The average molecular weight is 963 g/mol. The predicted molar refractivity (Wildman–Crippen MR) is 268 cm³/mol. The second-order valence-corrected chi connectivity index (χ2v) is 12.5. The molecule has 0 fully saturated rings. The van der Waals surface area contributed by atoms with Crippen molar-refractivity contribution in [1.29, 1.82) is 0 Å². The smallest absolute Gasteiger partial charge is 0.302 e. The Morgan fingerprint density at radius 1 is 0.197 bits per heavy atom. The highest BCUT2D eigenvalue weighted by Crippen LogP contribution is 1.96. The van der Waals surface area contributed by atoms with Gasteiger partial charge in [0, 0.05) is 55.4 Å². The maximum Gasteiger partial charge on any atom is 0.302 e. The lowest BCUT2D eigenvalue weighted by atomic mass is 10.2. The van der Waals surface area contributed by atoms with E-state index in [1.165, 1.54) is 132 Å². The van der Waals surface area contributed by atoms with Crippen LogP contribution in [0.1, 0.15) is 229 Å². The highest BCUT2D eigenvalue weighted by Gasteiger charge is 1.86. The van der Waals surface area contributed by atoms with Gasteiger partial charge in [-0.2, -0.15) is 0 Å². The van der Waals surface area contributed by atoms with Crippen molar-refractivity contribution in [3.05, 3.63) is 0 Å². The summed E-state index contributed by atoms with van der Waals surface area (Å²) in [5, 5.41) is 0. The van der Waals surface area contributed by atoms with Crippen molar-refractivity contribution in [3.63, 3.8) is 0 Å². The van der Waals surface area contributed by atoms with Gasteiger partial charge >= 0.3 is 47.8 Å². The summed E-state index contributed by atoms with van der Waals surface area (Å²) in [5.41, 5.74) is 0. The van der Waals surface area contributed by atoms with Crippen molar-refractivity contribution < 1.29 is 76.3 Å². The highest BCUT2D eigenvalue weighted by molar-refractivity contribution is 5.67. The molecule has 66 heavy (non-hydrogen) atoms. The van der Waals surface area contributed by atoms with Crippen LogP contribution >= 0.6 is 0 Å². The Kier molecular flexibility index (Phi) is 128. The summed E-state index contributed by atoms with van der Waals surface area (Å²) in [6, 6.07) is 0. The monoisotopic (exact) mass is 963 g/mol. The van der Waals surface area contributed by atoms with Gasteiger partial charge in [0.2, 0.25) is 0 Å². The topological polar surface area (TPSA) is 210 Å². The molecular formula is C50H106O16. The number of ether oxygens (including phenoxy) is 8. The molecule has 0 aliphatic heterocycles. The Morgan fingerprint density at radius 2 is 0.273 bits per heavy atom. The molecule has 0 atom stereocenters. The number of rotatable bonds is 17. The molecule has 0 saturated heterocycles. The molecular weight excluding hydrogens is 857 g/mol. The van der Waals surface area contributed by atoms with Crippen LogP contribution in [0.15, 0.2) is 0 Å². The van der Waals surface area contributed by atoms with E-state index in [4.69, 9.17) is 0 Å². The Morgan fingerprint density at radius 3 is 0.288 bits per heavy atom. The standard InChI is InChI=1S/3C6H14.8C4H8O2/c3*1-3-5-6-4-2;8*1-3-6-4(2)5/h3*3-6H2,1-2H3;8*3H2,1-2H3. The molecule has 0 unspecified atom stereocenters. The molecule has 0 saturated carbocycles. The third kappa shape index (κ3) is 249. The van der Waals surface area contributed by atoms with Crippen molar-refractivity contribution in [3.8, 4) is 0 Å². The van der Waals surface area contributed by atoms with E-state index >= 15 is 0 Å². The minimum Gasteiger partial charge on any atom is -0.466 e. The summed E-state index contributed by atoms with van der Waals surface area (Å²) >= 11 is 0. The lowest BCUT2D eigenvalue weighted by molar-refractivity contribution is -0.141. The molecule has 0 bridgehead atoms. The van der Waals surface area contributed by atoms with E-state index < -0.39 is 0 Å². The van der Waals surface area contributed by atoms with Gasteiger partial charge in [0.1, 0.15) is 0 Å². The summed E-state index contributed by atoms with van der Waals surface area (Å²) in [5.74, 6) is -1.69. The maximum atomic E-state index is 9.82. The zero-order chi connectivity index (χ0) is 54.4. The first kappa shape index (κ1) is 88.5. The van der Waals surface area contributed by atoms with Crippen molar-refractivity contribution >= 4 is 47.8 Å². The predicted octanol–water partition coefficient (Wildman–Crippen LogP) is 12.3. The van der Waals surface area contributed by atoms with Crippen LogP contribution in [0.5, 0.6) is 0 Å². The average Bonchev–Trinajstić information content (AvgIpc) is 3.20. The molecule has 0 aliphatic carbocycles. The number of carbonyl (C=O) groups excluding carboxylic acids is 8. The lowest BCUT2D eigenvalue weighted by Gasteiger charge is -1.89. The molecule has 0 heterocycles. The van der Waals surface area contributed by atoms with E-state index in [-0.39, 0.29) is 47.8 Å². The number of unbranched alkanes of at least 4 members (excludes halogenated alkanes) is 9. The lowest BCUT2D eigenvalue weighted by Crippen LogP contribution is -1.95. The van der Waals surface area contributed by atoms with E-state index in [0.29, 0.717) is 52.9 Å². The van der Waals surface area contributed by atoms with Gasteiger partial charge in [-0.25, -0.2) is 0 Å². The van der Waals surface area contributed by atoms with Gasteiger partial charge in [-0.15, -0.1) is 0 Å². The summed E-state index contributed by atoms with van der Waals surface area (Å²) in [7, 11) is 0. The molecule has 16 heteroatoms. The number of hydrogen-bond donors (Lipinski definition) is 0. The largest absolute Gasteiger partial charge is 0.466 e. The van der Waals surface area contributed by atoms with Crippen LogP contribution < -0.4 is 0 Å². The fraction of sp³-hybridized carbons (Fsp3) is 0.840. The van der Waals surface area contributed by atoms with Crippen molar-refractivity contribution in [2.24, 2.45) is 0 Å². The van der Waals surface area contributed by atoms with E-state index in [1.807, 2.05) is 0 Å². The van der Waals surface area contributed by atoms with Crippen molar-refractivity contribution in [2.75, 3.05) is 52.9 Å². The first-order valence-corrected chi connectivity index (χ1v) is 24.0. The van der Waals surface area contributed by atoms with Crippen LogP contribution in [0.2, 0.25) is 0 Å². The van der Waals surface area contributed by atoms with Gasteiger partial charge < -0.3 is 37.9 Å². The molecule has 0 aromatic carbocycles.